The fourth-order valence-electron chi connectivity index (χ4n) is 2.69. The first kappa shape index (κ1) is 17.6. The van der Waals surface area contributed by atoms with Gasteiger partial charge in [0.05, 0.1) is 18.8 Å². The van der Waals surface area contributed by atoms with Crippen LogP contribution in [0.3, 0.4) is 0 Å². The molecule has 0 atom stereocenters. The first-order valence-corrected chi connectivity index (χ1v) is 8.83. The third kappa shape index (κ3) is 4.25. The van der Waals surface area contributed by atoms with Crippen LogP contribution in [0, 0.1) is 0 Å². The van der Waals surface area contributed by atoms with Crippen LogP contribution < -0.4 is 10.1 Å². The van der Waals surface area contributed by atoms with Crippen molar-refractivity contribution >= 4 is 23.4 Å². The number of carbonyl (C=O) groups is 1. The molecule has 1 fully saturated rings. The van der Waals surface area contributed by atoms with E-state index in [2.05, 4.69) is 10.4 Å². The van der Waals surface area contributed by atoms with Crippen molar-refractivity contribution in [3.63, 3.8) is 0 Å². The van der Waals surface area contributed by atoms with Crippen LogP contribution in [0.4, 0.5) is 10.6 Å². The van der Waals surface area contributed by atoms with Crippen molar-refractivity contribution in [2.75, 3.05) is 19.0 Å². The molecule has 1 aliphatic rings. The van der Waals surface area contributed by atoms with Crippen molar-refractivity contribution in [3.8, 4) is 5.75 Å². The highest BCUT2D eigenvalue weighted by atomic mass is 35.5. The van der Waals surface area contributed by atoms with Crippen molar-refractivity contribution in [2.24, 2.45) is 7.05 Å². The first-order valence-electron chi connectivity index (χ1n) is 8.45. The van der Waals surface area contributed by atoms with E-state index in [0.717, 1.165) is 17.0 Å². The van der Waals surface area contributed by atoms with Crippen molar-refractivity contribution < 1.29 is 9.53 Å². The molecule has 1 heterocycles. The second kappa shape index (κ2) is 7.35. The van der Waals surface area contributed by atoms with Gasteiger partial charge < -0.3 is 9.64 Å². The van der Waals surface area contributed by atoms with Crippen molar-refractivity contribution in [3.05, 3.63) is 40.5 Å². The predicted octanol–water partition coefficient (Wildman–Crippen LogP) is 4.01. The molecule has 25 heavy (non-hydrogen) atoms. The van der Waals surface area contributed by atoms with E-state index in [1.165, 1.54) is 12.8 Å². The van der Waals surface area contributed by atoms with Crippen molar-refractivity contribution in [1.29, 1.82) is 0 Å². The fraction of sp³-hybridized carbons (Fsp3) is 0.444. The second-order valence-corrected chi connectivity index (χ2v) is 6.76. The Kier molecular flexibility index (Phi) is 5.18. The summed E-state index contributed by atoms with van der Waals surface area (Å²) in [6, 6.07) is 7.19. The quantitative estimate of drug-likeness (QED) is 0.844. The molecule has 7 heteroatoms. The zero-order chi connectivity index (χ0) is 18.0. The third-order valence-electron chi connectivity index (χ3n) is 4.21. The predicted molar refractivity (Wildman–Crippen MR) is 98.3 cm³/mol. The van der Waals surface area contributed by atoms with Gasteiger partial charge in [-0.1, -0.05) is 11.6 Å². The Morgan fingerprint density at radius 2 is 2.20 bits per heavy atom. The standard InChI is InChI=1S/C18H23ClN4O2/c1-4-25-16-8-7-14(19)9-13(16)11-22(2)18(24)20-17-10-15(12-5-6-12)21-23(17)3/h7-10,12H,4-6,11H2,1-3H3,(H,20,24). The second-order valence-electron chi connectivity index (χ2n) is 6.32. The molecule has 1 aliphatic carbocycles. The molecule has 6 nitrogen and oxygen atoms in total. The van der Waals surface area contributed by atoms with Crippen LogP contribution in [-0.4, -0.2) is 34.4 Å². The van der Waals surface area contributed by atoms with Crippen LogP contribution in [0.2, 0.25) is 5.02 Å². The molecule has 0 saturated heterocycles. The van der Waals surface area contributed by atoms with Crippen LogP contribution in [0.15, 0.2) is 24.3 Å². The van der Waals surface area contributed by atoms with Gasteiger partial charge in [0.25, 0.3) is 0 Å². The van der Waals surface area contributed by atoms with Crippen LogP contribution in [0.5, 0.6) is 5.75 Å². The topological polar surface area (TPSA) is 59.4 Å². The molecule has 2 amide bonds. The van der Waals surface area contributed by atoms with Gasteiger partial charge in [-0.15, -0.1) is 0 Å². The number of nitrogens with one attached hydrogen (secondary N) is 1. The molecular formula is C18H23ClN4O2. The molecule has 1 aromatic carbocycles. The van der Waals surface area contributed by atoms with Gasteiger partial charge in [0.15, 0.2) is 0 Å². The fourth-order valence-corrected chi connectivity index (χ4v) is 2.88. The monoisotopic (exact) mass is 362 g/mol. The number of ether oxygens (including phenoxy) is 1. The molecule has 3 rings (SSSR count). The molecular weight excluding hydrogens is 340 g/mol. The Morgan fingerprint density at radius 3 is 2.88 bits per heavy atom. The smallest absolute Gasteiger partial charge is 0.323 e. The van der Waals surface area contributed by atoms with Gasteiger partial charge in [-0.2, -0.15) is 5.10 Å². The summed E-state index contributed by atoms with van der Waals surface area (Å²) in [5, 5.41) is 8.00. The molecule has 134 valence electrons. The Bertz CT molecular complexity index is 770. The van der Waals surface area contributed by atoms with Gasteiger partial charge in [-0.05, 0) is 38.0 Å². The minimum atomic E-state index is -0.201. The van der Waals surface area contributed by atoms with E-state index >= 15 is 0 Å². The minimum absolute atomic E-state index is 0.201. The molecule has 1 N–H and O–H groups in total. The maximum atomic E-state index is 12.5. The number of amides is 2. The van der Waals surface area contributed by atoms with E-state index in [1.54, 1.807) is 22.7 Å². The Labute approximate surface area is 152 Å². The normalized spacial score (nSPS) is 13.6. The molecule has 1 aromatic heterocycles. The Balaban J connectivity index is 1.67. The van der Waals surface area contributed by atoms with E-state index in [9.17, 15) is 4.79 Å². The molecule has 1 saturated carbocycles. The summed E-state index contributed by atoms with van der Waals surface area (Å²) in [6.45, 7) is 2.88. The number of benzene rings is 1. The lowest BCUT2D eigenvalue weighted by atomic mass is 10.2. The van der Waals surface area contributed by atoms with Gasteiger partial charge in [0, 0.05) is 36.7 Å². The van der Waals surface area contributed by atoms with Gasteiger partial charge in [0.2, 0.25) is 0 Å². The number of hydrogen-bond donors (Lipinski definition) is 1. The van der Waals surface area contributed by atoms with E-state index in [1.807, 2.05) is 32.2 Å². The van der Waals surface area contributed by atoms with E-state index in [0.29, 0.717) is 29.9 Å². The number of aryl methyl sites for hydroxylation is 1. The highest BCUT2D eigenvalue weighted by molar-refractivity contribution is 6.30. The van der Waals surface area contributed by atoms with Crippen molar-refractivity contribution in [1.82, 2.24) is 14.7 Å². The number of nitrogens with zero attached hydrogens (tertiary/aromatic N) is 3. The number of halogens is 1. The summed E-state index contributed by atoms with van der Waals surface area (Å²) in [4.78, 5) is 14.1. The zero-order valence-electron chi connectivity index (χ0n) is 14.8. The van der Waals surface area contributed by atoms with Crippen LogP contribution >= 0.6 is 11.6 Å². The van der Waals surface area contributed by atoms with Gasteiger partial charge >= 0.3 is 6.03 Å². The molecule has 2 aromatic rings. The van der Waals surface area contributed by atoms with Gasteiger partial charge in [0.1, 0.15) is 11.6 Å². The SMILES string of the molecule is CCOc1ccc(Cl)cc1CN(C)C(=O)Nc1cc(C2CC2)nn1C. The molecule has 0 aliphatic heterocycles. The highest BCUT2D eigenvalue weighted by Crippen LogP contribution is 2.39. The minimum Gasteiger partial charge on any atom is -0.494 e. The number of urea groups is 1. The molecule has 0 bridgehead atoms. The largest absolute Gasteiger partial charge is 0.494 e. The van der Waals surface area contributed by atoms with Crippen molar-refractivity contribution in [2.45, 2.75) is 32.2 Å². The van der Waals surface area contributed by atoms with Crippen LogP contribution in [-0.2, 0) is 13.6 Å². The van der Waals surface area contributed by atoms with E-state index in [4.69, 9.17) is 16.3 Å². The lowest BCUT2D eigenvalue weighted by molar-refractivity contribution is 0.219. The lowest BCUT2D eigenvalue weighted by Crippen LogP contribution is -2.31. The first-order chi connectivity index (χ1) is 12.0. The summed E-state index contributed by atoms with van der Waals surface area (Å²) in [5.41, 5.74) is 1.92. The Hall–Kier alpha value is -2.21. The number of aromatic nitrogens is 2. The average Bonchev–Trinajstić information content (AvgIpc) is 3.35. The zero-order valence-corrected chi connectivity index (χ0v) is 15.5. The van der Waals surface area contributed by atoms with Gasteiger partial charge in [-0.3, -0.25) is 10.00 Å². The molecule has 0 spiro atoms. The number of hydrogen-bond acceptors (Lipinski definition) is 3. The summed E-state index contributed by atoms with van der Waals surface area (Å²) in [5.74, 6) is 1.99. The number of carbonyl (C=O) groups excluding carboxylic acids is 1. The van der Waals surface area contributed by atoms with Gasteiger partial charge in [-0.25, -0.2) is 4.79 Å². The maximum absolute atomic E-state index is 12.5. The van der Waals surface area contributed by atoms with Crippen LogP contribution in [0.1, 0.15) is 36.9 Å². The lowest BCUT2D eigenvalue weighted by Gasteiger charge is -2.20. The number of anilines is 1. The summed E-state index contributed by atoms with van der Waals surface area (Å²) < 4.78 is 7.33. The Morgan fingerprint density at radius 1 is 1.44 bits per heavy atom. The molecule has 0 unspecified atom stereocenters. The molecule has 0 radical (unpaired) electrons. The van der Waals surface area contributed by atoms with E-state index < -0.39 is 0 Å². The maximum Gasteiger partial charge on any atom is 0.323 e. The highest BCUT2D eigenvalue weighted by Gasteiger charge is 2.27. The summed E-state index contributed by atoms with van der Waals surface area (Å²) >= 11 is 6.08. The summed E-state index contributed by atoms with van der Waals surface area (Å²) in [7, 11) is 3.58. The van der Waals surface area contributed by atoms with E-state index in [-0.39, 0.29) is 6.03 Å². The van der Waals surface area contributed by atoms with Crippen LogP contribution in [0.25, 0.3) is 0 Å². The number of rotatable bonds is 6. The third-order valence-corrected chi connectivity index (χ3v) is 4.44. The average molecular weight is 363 g/mol. The summed E-state index contributed by atoms with van der Waals surface area (Å²) in [6.07, 6.45) is 2.36.